The van der Waals surface area contributed by atoms with Crippen LogP contribution < -0.4 is 0 Å². The normalized spacial score (nSPS) is 11.6. The Morgan fingerprint density at radius 2 is 1.38 bits per heavy atom. The molecule has 3 nitrogen and oxygen atoms in total. The van der Waals surface area contributed by atoms with Gasteiger partial charge in [-0.25, -0.2) is 0 Å². The lowest BCUT2D eigenvalue weighted by atomic mass is 10.0. The van der Waals surface area contributed by atoms with E-state index in [2.05, 4.69) is 106 Å². The number of hydrogen-bond acceptors (Lipinski definition) is 1. The highest BCUT2D eigenvalue weighted by molar-refractivity contribution is 6.06. The summed E-state index contributed by atoms with van der Waals surface area (Å²) in [4.78, 5) is 4.84. The minimum atomic E-state index is 0.835. The van der Waals surface area contributed by atoms with Crippen LogP contribution in [0.25, 0.3) is 38.9 Å². The molecule has 0 saturated carbocycles. The summed E-state index contributed by atoms with van der Waals surface area (Å²) in [6, 6.07) is 29.7. The third-order valence-electron chi connectivity index (χ3n) is 5.64. The van der Waals surface area contributed by atoms with Crippen LogP contribution in [0.5, 0.6) is 0 Å². The van der Waals surface area contributed by atoms with Gasteiger partial charge in [0.25, 0.3) is 0 Å². The van der Waals surface area contributed by atoms with Crippen molar-refractivity contribution in [2.75, 3.05) is 0 Å². The summed E-state index contributed by atoms with van der Waals surface area (Å²) in [5.74, 6) is 0. The highest BCUT2D eigenvalue weighted by Crippen LogP contribution is 2.40. The summed E-state index contributed by atoms with van der Waals surface area (Å²) in [5, 5.41) is 2.41. The van der Waals surface area contributed by atoms with Crippen LogP contribution in [0.2, 0.25) is 0 Å². The van der Waals surface area contributed by atoms with Crippen molar-refractivity contribution in [2.45, 2.75) is 6.54 Å². The van der Waals surface area contributed by atoms with E-state index in [0.717, 1.165) is 17.9 Å². The molecule has 4 aromatic rings. The predicted octanol–water partition coefficient (Wildman–Crippen LogP) is 6.11. The quantitative estimate of drug-likeness (QED) is 0.367. The zero-order valence-electron chi connectivity index (χ0n) is 15.9. The maximum atomic E-state index is 4.84. The lowest BCUT2D eigenvalue weighted by molar-refractivity contribution is 0.832. The van der Waals surface area contributed by atoms with Gasteiger partial charge < -0.3 is 4.57 Å². The van der Waals surface area contributed by atoms with Crippen molar-refractivity contribution < 1.29 is 0 Å². The van der Waals surface area contributed by atoms with E-state index in [1.54, 1.807) is 0 Å². The van der Waals surface area contributed by atoms with Crippen molar-refractivity contribution >= 4 is 16.4 Å². The van der Waals surface area contributed by atoms with Crippen molar-refractivity contribution in [1.29, 1.82) is 0 Å². The number of rotatable bonds is 3. The second kappa shape index (κ2) is 6.35. The number of pyridine rings is 1. The number of benzene rings is 3. The first-order valence-electron chi connectivity index (χ1n) is 9.86. The fourth-order valence-electron chi connectivity index (χ4n) is 4.33. The number of hydrogen-bond donors (Lipinski definition) is 0. The molecule has 0 atom stereocenters. The Morgan fingerprint density at radius 1 is 0.690 bits per heavy atom. The van der Waals surface area contributed by atoms with E-state index in [9.17, 15) is 0 Å². The van der Waals surface area contributed by atoms with Crippen LogP contribution in [-0.4, -0.2) is 14.0 Å². The number of imidazole rings is 1. The maximum Gasteiger partial charge on any atom is 0.125 e. The van der Waals surface area contributed by atoms with Gasteiger partial charge in [-0.05, 0) is 11.1 Å². The molecule has 0 saturated heterocycles. The van der Waals surface area contributed by atoms with Crippen LogP contribution in [0.1, 0.15) is 5.56 Å². The van der Waals surface area contributed by atoms with Crippen molar-refractivity contribution in [2.24, 2.45) is 0 Å². The number of nitrogens with zero attached hydrogens (tertiary/aromatic N) is 3. The van der Waals surface area contributed by atoms with E-state index in [0.29, 0.717) is 0 Å². The number of aromatic nitrogens is 3. The van der Waals surface area contributed by atoms with E-state index in [4.69, 9.17) is 4.98 Å². The highest BCUT2D eigenvalue weighted by atomic mass is 15.1. The molecule has 138 valence electrons. The van der Waals surface area contributed by atoms with Crippen LogP contribution in [0.15, 0.2) is 104 Å². The second-order valence-corrected chi connectivity index (χ2v) is 7.39. The largest absolute Gasteiger partial charge is 0.328 e. The molecule has 2 aliphatic heterocycles. The first-order valence-corrected chi connectivity index (χ1v) is 9.86. The van der Waals surface area contributed by atoms with Gasteiger partial charge in [0.2, 0.25) is 0 Å². The standard InChI is InChI=1S/C26H19N3/c1-3-9-19(10-4-1)18-28-15-16-29-25-23(20-11-5-2-6-12-20)17-27-24(25)21-13-7-8-14-22(21)26(28)29/h1-17H,18H2. The second-order valence-electron chi connectivity index (χ2n) is 7.39. The summed E-state index contributed by atoms with van der Waals surface area (Å²) < 4.78 is 4.63. The Hall–Kier alpha value is -3.85. The fraction of sp³-hybridized carbons (Fsp3) is 0.0385. The van der Waals surface area contributed by atoms with E-state index in [1.807, 2.05) is 6.20 Å². The summed E-state index contributed by atoms with van der Waals surface area (Å²) in [5.41, 5.74) is 7.06. The Kier molecular flexibility index (Phi) is 3.53. The molecule has 0 bridgehead atoms. The van der Waals surface area contributed by atoms with Crippen LogP contribution in [0.4, 0.5) is 0 Å². The molecule has 0 radical (unpaired) electrons. The molecule has 0 spiro atoms. The molecule has 0 fully saturated rings. The summed E-state index contributed by atoms with van der Waals surface area (Å²) in [7, 11) is 0. The van der Waals surface area contributed by atoms with Crippen LogP contribution in [0.3, 0.4) is 0 Å². The maximum absolute atomic E-state index is 4.84. The summed E-state index contributed by atoms with van der Waals surface area (Å²) in [6.45, 7) is 0.835. The lowest BCUT2D eigenvalue weighted by Gasteiger charge is -2.14. The molecule has 3 heteroatoms. The SMILES string of the molecule is c1ccc(Cn2ccn3c4c(-c5ccccc5)cnc-4c4ccccc4c23)cc1. The smallest absolute Gasteiger partial charge is 0.125 e. The van der Waals surface area contributed by atoms with E-state index in [1.165, 1.54) is 33.1 Å². The molecule has 3 aromatic carbocycles. The Labute approximate surface area is 168 Å². The van der Waals surface area contributed by atoms with E-state index < -0.39 is 0 Å². The Bertz CT molecular complexity index is 1410. The molecule has 29 heavy (non-hydrogen) atoms. The van der Waals surface area contributed by atoms with Gasteiger partial charge in [0.05, 0.1) is 11.4 Å². The van der Waals surface area contributed by atoms with Crippen LogP contribution >= 0.6 is 0 Å². The van der Waals surface area contributed by atoms with Gasteiger partial charge in [0.15, 0.2) is 0 Å². The van der Waals surface area contributed by atoms with Gasteiger partial charge in [-0.3, -0.25) is 9.38 Å². The molecule has 6 rings (SSSR count). The van der Waals surface area contributed by atoms with Gasteiger partial charge in [0.1, 0.15) is 5.65 Å². The Morgan fingerprint density at radius 3 is 2.17 bits per heavy atom. The minimum absolute atomic E-state index is 0.835. The van der Waals surface area contributed by atoms with Crippen molar-refractivity contribution in [3.8, 4) is 22.5 Å². The zero-order valence-corrected chi connectivity index (χ0v) is 15.9. The first-order chi connectivity index (χ1) is 14.4. The zero-order chi connectivity index (χ0) is 19.2. The topological polar surface area (TPSA) is 22.2 Å². The van der Waals surface area contributed by atoms with E-state index in [-0.39, 0.29) is 0 Å². The monoisotopic (exact) mass is 373 g/mol. The fourth-order valence-corrected chi connectivity index (χ4v) is 4.33. The molecule has 2 aliphatic rings. The van der Waals surface area contributed by atoms with Crippen LogP contribution in [0, 0.1) is 0 Å². The third kappa shape index (κ3) is 2.48. The average molecular weight is 373 g/mol. The van der Waals surface area contributed by atoms with Gasteiger partial charge in [-0.15, -0.1) is 0 Å². The average Bonchev–Trinajstić information content (AvgIpc) is 3.40. The minimum Gasteiger partial charge on any atom is -0.328 e. The van der Waals surface area contributed by atoms with Gasteiger partial charge in [-0.1, -0.05) is 84.9 Å². The summed E-state index contributed by atoms with van der Waals surface area (Å²) in [6.07, 6.45) is 6.35. The van der Waals surface area contributed by atoms with Crippen LogP contribution in [-0.2, 0) is 6.54 Å². The molecule has 3 heterocycles. The molecule has 0 unspecified atom stereocenters. The molecular formula is C26H19N3. The molecular weight excluding hydrogens is 354 g/mol. The van der Waals surface area contributed by atoms with Gasteiger partial charge in [0, 0.05) is 41.5 Å². The third-order valence-corrected chi connectivity index (χ3v) is 5.64. The molecule has 0 N–H and O–H groups in total. The van der Waals surface area contributed by atoms with Gasteiger partial charge >= 0.3 is 0 Å². The number of fused-ring (bicyclic) bond motifs is 6. The van der Waals surface area contributed by atoms with E-state index >= 15 is 0 Å². The predicted molar refractivity (Wildman–Crippen MR) is 118 cm³/mol. The molecule has 0 amide bonds. The van der Waals surface area contributed by atoms with Crippen molar-refractivity contribution in [1.82, 2.24) is 14.0 Å². The lowest BCUT2D eigenvalue weighted by Crippen LogP contribution is -2.02. The first kappa shape index (κ1) is 16.1. The van der Waals surface area contributed by atoms with Crippen molar-refractivity contribution in [3.63, 3.8) is 0 Å². The molecule has 0 aliphatic carbocycles. The molecule has 1 aromatic heterocycles. The van der Waals surface area contributed by atoms with Gasteiger partial charge in [-0.2, -0.15) is 0 Å². The summed E-state index contributed by atoms with van der Waals surface area (Å²) >= 11 is 0. The van der Waals surface area contributed by atoms with Crippen molar-refractivity contribution in [3.05, 3.63) is 109 Å². The Balaban J connectivity index is 1.69. The highest BCUT2D eigenvalue weighted by Gasteiger charge is 2.22.